The van der Waals surface area contributed by atoms with Crippen LogP contribution in [0.5, 0.6) is 5.75 Å². The second kappa shape index (κ2) is 10.4. The number of aromatic nitrogens is 1. The first-order valence-electron chi connectivity index (χ1n) is 9.89. The Labute approximate surface area is 187 Å². The lowest BCUT2D eigenvalue weighted by Crippen LogP contribution is -2.38. The van der Waals surface area contributed by atoms with E-state index in [1.807, 2.05) is 0 Å². The van der Waals surface area contributed by atoms with Crippen LogP contribution in [0.3, 0.4) is 0 Å². The molecule has 2 heterocycles. The molecule has 174 valence electrons. The van der Waals surface area contributed by atoms with Gasteiger partial charge in [-0.3, -0.25) is 4.79 Å². The number of carbonyl (C=O) groups is 1. The monoisotopic (exact) mass is 475 g/mol. The van der Waals surface area contributed by atoms with Gasteiger partial charge < -0.3 is 19.7 Å². The fourth-order valence-electron chi connectivity index (χ4n) is 3.37. The molecule has 1 aromatic heterocycles. The van der Waals surface area contributed by atoms with Gasteiger partial charge in [-0.05, 0) is 31.0 Å². The Kier molecular flexibility index (Phi) is 7.78. The Hall–Kier alpha value is -2.59. The average Bonchev–Trinajstić information content (AvgIpc) is 2.75. The molecule has 0 spiro atoms. The van der Waals surface area contributed by atoms with Gasteiger partial charge in [0.25, 0.3) is 0 Å². The molecule has 2 aromatic rings. The van der Waals surface area contributed by atoms with Crippen LogP contribution < -0.4 is 15.0 Å². The van der Waals surface area contributed by atoms with Gasteiger partial charge in [0.15, 0.2) is 0 Å². The minimum Gasteiger partial charge on any atom is -0.489 e. The zero-order valence-electron chi connectivity index (χ0n) is 17.2. The Bertz CT molecular complexity index is 950. The molecule has 32 heavy (non-hydrogen) atoms. The van der Waals surface area contributed by atoms with Crippen molar-refractivity contribution >= 4 is 29.0 Å². The number of anilines is 2. The van der Waals surface area contributed by atoms with Gasteiger partial charge in [-0.1, -0.05) is 11.6 Å². The van der Waals surface area contributed by atoms with Crippen molar-refractivity contribution in [1.82, 2.24) is 4.98 Å². The highest BCUT2D eigenvalue weighted by atomic mass is 35.5. The maximum atomic E-state index is 13.7. The van der Waals surface area contributed by atoms with Crippen molar-refractivity contribution in [2.24, 2.45) is 5.92 Å². The van der Waals surface area contributed by atoms with Crippen LogP contribution in [0.25, 0.3) is 0 Å². The molecule has 1 saturated heterocycles. The summed E-state index contributed by atoms with van der Waals surface area (Å²) in [5.41, 5.74) is -0.694. The highest BCUT2D eigenvalue weighted by Gasteiger charge is 2.33. The highest BCUT2D eigenvalue weighted by molar-refractivity contribution is 6.33. The molecule has 1 amide bonds. The van der Waals surface area contributed by atoms with Crippen molar-refractivity contribution in [2.45, 2.75) is 19.0 Å². The number of nitrogens with one attached hydrogen (secondary N) is 1. The van der Waals surface area contributed by atoms with Gasteiger partial charge >= 0.3 is 6.18 Å². The lowest BCUT2D eigenvalue weighted by atomic mass is 9.95. The van der Waals surface area contributed by atoms with Crippen LogP contribution in [0, 0.1) is 11.7 Å². The number of pyridine rings is 1. The number of carbonyl (C=O) groups excluding carboxylic acids is 1. The summed E-state index contributed by atoms with van der Waals surface area (Å²) in [5, 5.41) is 2.61. The summed E-state index contributed by atoms with van der Waals surface area (Å²) in [6.07, 6.45) is -2.92. The van der Waals surface area contributed by atoms with E-state index < -0.39 is 17.6 Å². The van der Waals surface area contributed by atoms with E-state index in [9.17, 15) is 22.4 Å². The zero-order valence-corrected chi connectivity index (χ0v) is 18.0. The number of amides is 1. The Morgan fingerprint density at radius 3 is 2.59 bits per heavy atom. The van der Waals surface area contributed by atoms with Gasteiger partial charge in [-0.25, -0.2) is 9.37 Å². The zero-order chi connectivity index (χ0) is 23.3. The standard InChI is InChI=1S/C21H22ClF4N3O3/c1-31-8-9-32-18-3-2-15(23)11-17(18)28-20(30)13-4-6-29(7-5-13)19-16(22)10-14(12-27-19)21(24,25)26/h2-3,10-13H,4-9H2,1H3,(H,28,30). The first-order chi connectivity index (χ1) is 15.2. The lowest BCUT2D eigenvalue weighted by Gasteiger charge is -2.32. The van der Waals surface area contributed by atoms with E-state index >= 15 is 0 Å². The van der Waals surface area contributed by atoms with Crippen molar-refractivity contribution in [3.63, 3.8) is 0 Å². The Morgan fingerprint density at radius 1 is 1.25 bits per heavy atom. The van der Waals surface area contributed by atoms with Gasteiger partial charge in [-0.2, -0.15) is 13.2 Å². The molecule has 0 aliphatic carbocycles. The normalized spacial score (nSPS) is 15.0. The number of benzene rings is 1. The number of methoxy groups -OCH3 is 1. The van der Waals surface area contributed by atoms with Crippen molar-refractivity contribution in [3.05, 3.63) is 46.9 Å². The number of hydrogen-bond donors (Lipinski definition) is 1. The minimum atomic E-state index is -4.52. The smallest absolute Gasteiger partial charge is 0.417 e. The fourth-order valence-corrected chi connectivity index (χ4v) is 3.65. The molecule has 1 aliphatic heterocycles. The molecular formula is C21H22ClF4N3O3. The molecule has 1 aromatic carbocycles. The van der Waals surface area contributed by atoms with Gasteiger partial charge in [0, 0.05) is 38.4 Å². The van der Waals surface area contributed by atoms with Crippen LogP contribution in [0.4, 0.5) is 29.1 Å². The molecule has 1 aliphatic rings. The largest absolute Gasteiger partial charge is 0.489 e. The molecule has 6 nitrogen and oxygen atoms in total. The van der Waals surface area contributed by atoms with E-state index in [1.54, 1.807) is 4.90 Å². The first kappa shape index (κ1) is 24.1. The Morgan fingerprint density at radius 2 is 1.97 bits per heavy atom. The molecule has 0 unspecified atom stereocenters. The van der Waals surface area contributed by atoms with E-state index in [2.05, 4.69) is 10.3 Å². The van der Waals surface area contributed by atoms with Crippen LogP contribution >= 0.6 is 11.6 Å². The predicted molar refractivity (Wildman–Crippen MR) is 112 cm³/mol. The molecule has 1 fully saturated rings. The third-order valence-corrected chi connectivity index (χ3v) is 5.34. The number of rotatable bonds is 7. The van der Waals surface area contributed by atoms with Crippen LogP contribution in [0.1, 0.15) is 18.4 Å². The number of ether oxygens (including phenoxy) is 2. The summed E-state index contributed by atoms with van der Waals surface area (Å²) in [6.45, 7) is 1.35. The van der Waals surface area contributed by atoms with E-state index in [0.29, 0.717) is 38.3 Å². The molecule has 0 atom stereocenters. The number of hydrogen-bond acceptors (Lipinski definition) is 5. The predicted octanol–water partition coefficient (Wildman–Crippen LogP) is 4.77. The quantitative estimate of drug-likeness (QED) is 0.461. The fraction of sp³-hybridized carbons (Fsp3) is 0.429. The maximum Gasteiger partial charge on any atom is 0.417 e. The van der Waals surface area contributed by atoms with Crippen LogP contribution in [-0.2, 0) is 15.7 Å². The second-order valence-corrected chi connectivity index (χ2v) is 7.67. The van der Waals surface area contributed by atoms with Crippen LogP contribution in [0.2, 0.25) is 5.02 Å². The minimum absolute atomic E-state index is 0.0969. The van der Waals surface area contributed by atoms with E-state index in [1.165, 1.54) is 25.3 Å². The SMILES string of the molecule is COCCOc1ccc(F)cc1NC(=O)C1CCN(c2ncc(C(F)(F)F)cc2Cl)CC1. The number of nitrogens with zero attached hydrogens (tertiary/aromatic N) is 2. The molecule has 0 bridgehead atoms. The lowest BCUT2D eigenvalue weighted by molar-refractivity contribution is -0.137. The molecule has 1 N–H and O–H groups in total. The Balaban J connectivity index is 1.61. The number of halogens is 5. The molecule has 3 rings (SSSR count). The van der Waals surface area contributed by atoms with E-state index in [-0.39, 0.29) is 35.0 Å². The topological polar surface area (TPSA) is 63.7 Å². The summed E-state index contributed by atoms with van der Waals surface area (Å²) < 4.78 is 62.5. The van der Waals surface area contributed by atoms with Crippen molar-refractivity contribution < 1.29 is 31.8 Å². The summed E-state index contributed by atoms with van der Waals surface area (Å²) >= 11 is 6.02. The van der Waals surface area contributed by atoms with E-state index in [4.69, 9.17) is 21.1 Å². The van der Waals surface area contributed by atoms with Crippen molar-refractivity contribution in [1.29, 1.82) is 0 Å². The summed E-state index contributed by atoms with van der Waals surface area (Å²) in [7, 11) is 1.52. The molecule has 0 saturated carbocycles. The molecular weight excluding hydrogens is 454 g/mol. The van der Waals surface area contributed by atoms with Gasteiger partial charge in [-0.15, -0.1) is 0 Å². The third-order valence-electron chi connectivity index (χ3n) is 5.06. The summed E-state index contributed by atoms with van der Waals surface area (Å²) in [6, 6.07) is 4.69. The third kappa shape index (κ3) is 6.01. The van der Waals surface area contributed by atoms with Crippen LogP contribution in [-0.4, -0.2) is 44.3 Å². The van der Waals surface area contributed by atoms with Crippen molar-refractivity contribution in [2.75, 3.05) is 43.6 Å². The van der Waals surface area contributed by atoms with Gasteiger partial charge in [0.2, 0.25) is 5.91 Å². The highest BCUT2D eigenvalue weighted by Crippen LogP contribution is 2.35. The summed E-state index contributed by atoms with van der Waals surface area (Å²) in [4.78, 5) is 18.3. The van der Waals surface area contributed by atoms with Gasteiger partial charge in [0.05, 0.1) is 22.9 Å². The van der Waals surface area contributed by atoms with Gasteiger partial charge in [0.1, 0.15) is 24.0 Å². The summed E-state index contributed by atoms with van der Waals surface area (Å²) in [5.74, 6) is -0.599. The second-order valence-electron chi connectivity index (χ2n) is 7.26. The maximum absolute atomic E-state index is 13.7. The molecule has 11 heteroatoms. The van der Waals surface area contributed by atoms with E-state index in [0.717, 1.165) is 12.3 Å². The molecule has 0 radical (unpaired) electrons. The number of alkyl halides is 3. The average molecular weight is 476 g/mol. The van der Waals surface area contributed by atoms with Crippen molar-refractivity contribution in [3.8, 4) is 5.75 Å². The number of piperidine rings is 1. The first-order valence-corrected chi connectivity index (χ1v) is 10.3. The van der Waals surface area contributed by atoms with Crippen LogP contribution in [0.15, 0.2) is 30.5 Å².